The van der Waals surface area contributed by atoms with E-state index < -0.39 is 0 Å². The van der Waals surface area contributed by atoms with Crippen LogP contribution in [-0.2, 0) is 0 Å². The zero-order valence-electron chi connectivity index (χ0n) is 11.1. The molecule has 0 radical (unpaired) electrons. The summed E-state index contributed by atoms with van der Waals surface area (Å²) < 4.78 is 0. The molecule has 1 aromatic carbocycles. The second-order valence-corrected chi connectivity index (χ2v) is 5.04. The van der Waals surface area contributed by atoms with E-state index in [4.69, 9.17) is 5.73 Å². The van der Waals surface area contributed by atoms with Gasteiger partial charge in [-0.05, 0) is 32.8 Å². The highest BCUT2D eigenvalue weighted by atomic mass is 16.1. The van der Waals surface area contributed by atoms with Gasteiger partial charge in [0.2, 0.25) is 0 Å². The largest absolute Gasteiger partial charge is 0.328 e. The predicted octanol–water partition coefficient (Wildman–Crippen LogP) is 3.33. The number of ketones is 1. The monoisotopic (exact) mass is 233 g/mol. The SMILES string of the molecule is Cc1cccc(C(=O)C(C)CCCC(C)N)c1. The van der Waals surface area contributed by atoms with Gasteiger partial charge in [0, 0.05) is 17.5 Å². The maximum absolute atomic E-state index is 12.1. The normalized spacial score (nSPS) is 14.4. The minimum Gasteiger partial charge on any atom is -0.328 e. The minimum atomic E-state index is 0.0931. The molecule has 94 valence electrons. The van der Waals surface area contributed by atoms with Crippen LogP contribution in [0.3, 0.4) is 0 Å². The number of carbonyl (C=O) groups excluding carboxylic acids is 1. The summed E-state index contributed by atoms with van der Waals surface area (Å²) in [5.41, 5.74) is 7.67. The molecule has 2 heteroatoms. The van der Waals surface area contributed by atoms with Crippen LogP contribution in [0.4, 0.5) is 0 Å². The van der Waals surface area contributed by atoms with Crippen LogP contribution >= 0.6 is 0 Å². The van der Waals surface area contributed by atoms with E-state index >= 15 is 0 Å². The number of Topliss-reactive ketones (excluding diaryl/α,β-unsaturated/α-hetero) is 1. The zero-order chi connectivity index (χ0) is 12.8. The Bertz CT molecular complexity index is 371. The maximum Gasteiger partial charge on any atom is 0.165 e. The van der Waals surface area contributed by atoms with Gasteiger partial charge in [-0.1, -0.05) is 37.1 Å². The lowest BCUT2D eigenvalue weighted by atomic mass is 9.93. The van der Waals surface area contributed by atoms with Gasteiger partial charge in [-0.15, -0.1) is 0 Å². The van der Waals surface area contributed by atoms with E-state index in [1.165, 1.54) is 0 Å². The van der Waals surface area contributed by atoms with E-state index in [9.17, 15) is 4.79 Å². The number of hydrogen-bond donors (Lipinski definition) is 1. The van der Waals surface area contributed by atoms with E-state index in [1.807, 2.05) is 45.0 Å². The molecule has 0 spiro atoms. The van der Waals surface area contributed by atoms with Crippen LogP contribution < -0.4 is 5.73 Å². The Balaban J connectivity index is 2.52. The van der Waals surface area contributed by atoms with Crippen molar-refractivity contribution in [1.82, 2.24) is 0 Å². The molecule has 17 heavy (non-hydrogen) atoms. The third-order valence-electron chi connectivity index (χ3n) is 3.05. The first-order valence-electron chi connectivity index (χ1n) is 6.37. The standard InChI is InChI=1S/C15H23NO/c1-11-6-4-9-14(10-11)15(17)12(2)7-5-8-13(3)16/h4,6,9-10,12-13H,5,7-8,16H2,1-3H3. The number of benzene rings is 1. The highest BCUT2D eigenvalue weighted by Gasteiger charge is 2.14. The molecule has 2 atom stereocenters. The van der Waals surface area contributed by atoms with Crippen LogP contribution in [0.15, 0.2) is 24.3 Å². The fourth-order valence-corrected chi connectivity index (χ4v) is 1.96. The molecular weight excluding hydrogens is 210 g/mol. The molecule has 0 aliphatic carbocycles. The summed E-state index contributed by atoms with van der Waals surface area (Å²) in [7, 11) is 0. The maximum atomic E-state index is 12.1. The highest BCUT2D eigenvalue weighted by molar-refractivity contribution is 5.97. The van der Waals surface area contributed by atoms with Gasteiger partial charge in [-0.3, -0.25) is 4.79 Å². The van der Waals surface area contributed by atoms with Crippen molar-refractivity contribution >= 4 is 5.78 Å². The lowest BCUT2D eigenvalue weighted by Gasteiger charge is -2.11. The van der Waals surface area contributed by atoms with Gasteiger partial charge in [0.1, 0.15) is 0 Å². The van der Waals surface area contributed by atoms with Crippen LogP contribution in [0.25, 0.3) is 0 Å². The predicted molar refractivity (Wildman–Crippen MR) is 72.2 cm³/mol. The third kappa shape index (κ3) is 4.70. The van der Waals surface area contributed by atoms with E-state index in [2.05, 4.69) is 0 Å². The molecule has 0 heterocycles. The molecule has 2 unspecified atom stereocenters. The summed E-state index contributed by atoms with van der Waals surface area (Å²) in [6.45, 7) is 6.02. The van der Waals surface area contributed by atoms with E-state index in [1.54, 1.807) is 0 Å². The fourth-order valence-electron chi connectivity index (χ4n) is 1.96. The first-order chi connectivity index (χ1) is 8.00. The van der Waals surface area contributed by atoms with Gasteiger partial charge >= 0.3 is 0 Å². The molecule has 2 nitrogen and oxygen atoms in total. The average Bonchev–Trinajstić information content (AvgIpc) is 2.27. The van der Waals surface area contributed by atoms with Crippen LogP contribution in [0.2, 0.25) is 0 Å². The summed E-state index contributed by atoms with van der Waals surface area (Å²) in [5.74, 6) is 0.342. The Morgan fingerprint density at radius 2 is 2.00 bits per heavy atom. The summed E-state index contributed by atoms with van der Waals surface area (Å²) in [6.07, 6.45) is 2.94. The summed E-state index contributed by atoms with van der Waals surface area (Å²) >= 11 is 0. The molecule has 0 bridgehead atoms. The average molecular weight is 233 g/mol. The molecule has 0 aromatic heterocycles. The number of hydrogen-bond acceptors (Lipinski definition) is 2. The molecule has 0 aliphatic heterocycles. The third-order valence-corrected chi connectivity index (χ3v) is 3.05. The van der Waals surface area contributed by atoms with Crippen LogP contribution in [0, 0.1) is 12.8 Å². The van der Waals surface area contributed by atoms with Crippen LogP contribution in [-0.4, -0.2) is 11.8 Å². The number of carbonyl (C=O) groups is 1. The first-order valence-corrected chi connectivity index (χ1v) is 6.37. The number of rotatable bonds is 6. The first kappa shape index (κ1) is 13.9. The Labute approximate surface area is 104 Å². The van der Waals surface area contributed by atoms with Gasteiger partial charge in [0.05, 0.1) is 0 Å². The lowest BCUT2D eigenvalue weighted by Crippen LogP contribution is -2.16. The van der Waals surface area contributed by atoms with Crippen molar-refractivity contribution in [2.24, 2.45) is 11.7 Å². The van der Waals surface area contributed by atoms with Gasteiger partial charge in [0.15, 0.2) is 5.78 Å². The van der Waals surface area contributed by atoms with Crippen molar-refractivity contribution in [3.8, 4) is 0 Å². The Morgan fingerprint density at radius 1 is 1.29 bits per heavy atom. The quantitative estimate of drug-likeness (QED) is 0.766. The Kier molecular flexibility index (Phi) is 5.36. The Hall–Kier alpha value is -1.15. The molecule has 0 amide bonds. The van der Waals surface area contributed by atoms with E-state index in [0.717, 1.165) is 30.4 Å². The van der Waals surface area contributed by atoms with Crippen LogP contribution in [0.1, 0.15) is 49.0 Å². The molecule has 1 rings (SSSR count). The zero-order valence-corrected chi connectivity index (χ0v) is 11.1. The van der Waals surface area contributed by atoms with Gasteiger partial charge in [0.25, 0.3) is 0 Å². The molecule has 2 N–H and O–H groups in total. The van der Waals surface area contributed by atoms with Crippen molar-refractivity contribution in [2.45, 2.75) is 46.1 Å². The molecule has 0 fully saturated rings. The molecule has 0 aliphatic rings. The fraction of sp³-hybridized carbons (Fsp3) is 0.533. The summed E-state index contributed by atoms with van der Waals surface area (Å²) in [5, 5.41) is 0. The van der Waals surface area contributed by atoms with Gasteiger partial charge in [-0.2, -0.15) is 0 Å². The smallest absolute Gasteiger partial charge is 0.165 e. The molecule has 0 saturated carbocycles. The van der Waals surface area contributed by atoms with Crippen molar-refractivity contribution in [3.05, 3.63) is 35.4 Å². The molecule has 1 aromatic rings. The van der Waals surface area contributed by atoms with Crippen molar-refractivity contribution < 1.29 is 4.79 Å². The van der Waals surface area contributed by atoms with Gasteiger partial charge in [-0.25, -0.2) is 0 Å². The highest BCUT2D eigenvalue weighted by Crippen LogP contribution is 2.16. The van der Waals surface area contributed by atoms with E-state index in [0.29, 0.717) is 0 Å². The number of aryl methyl sites for hydroxylation is 1. The van der Waals surface area contributed by atoms with Gasteiger partial charge < -0.3 is 5.73 Å². The topological polar surface area (TPSA) is 43.1 Å². The summed E-state index contributed by atoms with van der Waals surface area (Å²) in [6, 6.07) is 8.05. The molecule has 0 saturated heterocycles. The second-order valence-electron chi connectivity index (χ2n) is 5.04. The van der Waals surface area contributed by atoms with Crippen molar-refractivity contribution in [1.29, 1.82) is 0 Å². The van der Waals surface area contributed by atoms with Crippen molar-refractivity contribution in [2.75, 3.05) is 0 Å². The number of nitrogens with two attached hydrogens (primary N) is 1. The summed E-state index contributed by atoms with van der Waals surface area (Å²) in [4.78, 5) is 12.1. The van der Waals surface area contributed by atoms with Crippen LogP contribution in [0.5, 0.6) is 0 Å². The Morgan fingerprint density at radius 3 is 2.59 bits per heavy atom. The second kappa shape index (κ2) is 6.55. The van der Waals surface area contributed by atoms with E-state index in [-0.39, 0.29) is 17.7 Å². The lowest BCUT2D eigenvalue weighted by molar-refractivity contribution is 0.0922. The molecular formula is C15H23NO. The minimum absolute atomic E-state index is 0.0931. The van der Waals surface area contributed by atoms with Crippen molar-refractivity contribution in [3.63, 3.8) is 0 Å².